The molecule has 2 rings (SSSR count). The van der Waals surface area contributed by atoms with Crippen molar-refractivity contribution in [1.82, 2.24) is 0 Å². The molecule has 0 amide bonds. The van der Waals surface area contributed by atoms with E-state index in [9.17, 15) is 5.21 Å². The highest BCUT2D eigenvalue weighted by molar-refractivity contribution is 6.30. The van der Waals surface area contributed by atoms with E-state index in [0.29, 0.717) is 9.75 Å². The van der Waals surface area contributed by atoms with Gasteiger partial charge < -0.3 is 5.21 Å². The fourth-order valence-corrected chi connectivity index (χ4v) is 1.43. The standard InChI is InChI=1S/C11H9ClN2O/c12-10-4-1-8(2-5-10)9-3-6-11(13)14(15)7-9/h1-7H,13H2. The van der Waals surface area contributed by atoms with E-state index in [2.05, 4.69) is 0 Å². The lowest BCUT2D eigenvalue weighted by molar-refractivity contribution is -0.589. The molecule has 1 aromatic heterocycles. The zero-order valence-electron chi connectivity index (χ0n) is 7.85. The highest BCUT2D eigenvalue weighted by atomic mass is 35.5. The summed E-state index contributed by atoms with van der Waals surface area (Å²) in [7, 11) is 0. The van der Waals surface area contributed by atoms with E-state index >= 15 is 0 Å². The minimum absolute atomic E-state index is 0.188. The van der Waals surface area contributed by atoms with Crippen molar-refractivity contribution in [3.63, 3.8) is 0 Å². The van der Waals surface area contributed by atoms with Crippen molar-refractivity contribution in [3.8, 4) is 11.1 Å². The van der Waals surface area contributed by atoms with Crippen LogP contribution in [-0.2, 0) is 0 Å². The van der Waals surface area contributed by atoms with Gasteiger partial charge in [-0.1, -0.05) is 23.7 Å². The van der Waals surface area contributed by atoms with Crippen LogP contribution in [0.4, 0.5) is 5.82 Å². The van der Waals surface area contributed by atoms with Crippen molar-refractivity contribution >= 4 is 17.4 Å². The number of hydrogen-bond donors (Lipinski definition) is 1. The Morgan fingerprint density at radius 1 is 1.00 bits per heavy atom. The number of nitrogen functional groups attached to an aromatic ring is 1. The first kappa shape index (κ1) is 9.80. The van der Waals surface area contributed by atoms with Crippen LogP contribution < -0.4 is 10.5 Å². The van der Waals surface area contributed by atoms with Crippen molar-refractivity contribution in [2.75, 3.05) is 5.73 Å². The number of halogens is 1. The molecule has 2 aromatic rings. The summed E-state index contributed by atoms with van der Waals surface area (Å²) >= 11 is 5.77. The number of hydrogen-bond acceptors (Lipinski definition) is 2. The third kappa shape index (κ3) is 2.02. The molecule has 0 aliphatic carbocycles. The summed E-state index contributed by atoms with van der Waals surface area (Å²) in [4.78, 5) is 0. The number of benzene rings is 1. The van der Waals surface area contributed by atoms with Gasteiger partial charge in [0.25, 0.3) is 5.82 Å². The molecule has 0 aliphatic rings. The van der Waals surface area contributed by atoms with Crippen molar-refractivity contribution in [2.45, 2.75) is 0 Å². The third-order valence-corrected chi connectivity index (χ3v) is 2.37. The number of nitrogens with zero attached hydrogens (tertiary/aromatic N) is 1. The summed E-state index contributed by atoms with van der Waals surface area (Å²) in [6.45, 7) is 0. The highest BCUT2D eigenvalue weighted by Gasteiger charge is 2.01. The average Bonchev–Trinajstić information content (AvgIpc) is 2.23. The molecule has 2 N–H and O–H groups in total. The maximum atomic E-state index is 11.2. The lowest BCUT2D eigenvalue weighted by Gasteiger charge is -2.07. The van der Waals surface area contributed by atoms with Crippen molar-refractivity contribution in [1.29, 1.82) is 0 Å². The smallest absolute Gasteiger partial charge is 0.275 e. The van der Waals surface area contributed by atoms with E-state index in [1.807, 2.05) is 12.1 Å². The topological polar surface area (TPSA) is 53.0 Å². The Labute approximate surface area is 92.3 Å². The molecule has 1 heterocycles. The van der Waals surface area contributed by atoms with E-state index in [1.165, 1.54) is 6.20 Å². The van der Waals surface area contributed by atoms with Crippen LogP contribution in [0.25, 0.3) is 11.1 Å². The molecule has 76 valence electrons. The minimum atomic E-state index is 0.188. The lowest BCUT2D eigenvalue weighted by Crippen LogP contribution is -2.29. The molecule has 0 radical (unpaired) electrons. The highest BCUT2D eigenvalue weighted by Crippen LogP contribution is 2.20. The Kier molecular flexibility index (Phi) is 2.47. The summed E-state index contributed by atoms with van der Waals surface area (Å²) in [5, 5.41) is 11.9. The number of rotatable bonds is 1. The normalized spacial score (nSPS) is 10.2. The third-order valence-electron chi connectivity index (χ3n) is 2.12. The fraction of sp³-hybridized carbons (Fsp3) is 0. The molecule has 0 atom stereocenters. The SMILES string of the molecule is Nc1ccc(-c2ccc(Cl)cc2)c[n+]1[O-]. The Morgan fingerprint density at radius 2 is 1.60 bits per heavy atom. The van der Waals surface area contributed by atoms with E-state index < -0.39 is 0 Å². The van der Waals surface area contributed by atoms with Gasteiger partial charge in [0.15, 0.2) is 0 Å². The molecule has 0 bridgehead atoms. The molecule has 3 nitrogen and oxygen atoms in total. The molecule has 0 saturated heterocycles. The van der Waals surface area contributed by atoms with Gasteiger partial charge in [0.2, 0.25) is 0 Å². The van der Waals surface area contributed by atoms with Crippen LogP contribution in [0.2, 0.25) is 5.02 Å². The molecule has 0 saturated carbocycles. The molecular weight excluding hydrogens is 212 g/mol. The van der Waals surface area contributed by atoms with Crippen LogP contribution in [0.3, 0.4) is 0 Å². The Bertz CT molecular complexity index is 482. The summed E-state index contributed by atoms with van der Waals surface area (Å²) in [6, 6.07) is 10.6. The number of pyridine rings is 1. The summed E-state index contributed by atoms with van der Waals surface area (Å²) < 4.78 is 0.643. The molecule has 15 heavy (non-hydrogen) atoms. The molecule has 0 unspecified atom stereocenters. The van der Waals surface area contributed by atoms with Gasteiger partial charge in [0.05, 0.1) is 0 Å². The maximum Gasteiger partial charge on any atom is 0.275 e. The van der Waals surface area contributed by atoms with Gasteiger partial charge in [-0.2, -0.15) is 0 Å². The fourth-order valence-electron chi connectivity index (χ4n) is 1.31. The zero-order valence-corrected chi connectivity index (χ0v) is 8.61. The number of anilines is 1. The van der Waals surface area contributed by atoms with Gasteiger partial charge in [0, 0.05) is 16.7 Å². The monoisotopic (exact) mass is 220 g/mol. The first-order chi connectivity index (χ1) is 7.16. The molecule has 4 heteroatoms. The van der Waals surface area contributed by atoms with Gasteiger partial charge in [-0.15, -0.1) is 0 Å². The van der Waals surface area contributed by atoms with Crippen molar-refractivity contribution in [3.05, 3.63) is 52.8 Å². The van der Waals surface area contributed by atoms with E-state index in [1.54, 1.807) is 24.3 Å². The maximum absolute atomic E-state index is 11.2. The Balaban J connectivity index is 2.45. The van der Waals surface area contributed by atoms with Gasteiger partial charge in [-0.05, 0) is 23.8 Å². The molecule has 0 fully saturated rings. The van der Waals surface area contributed by atoms with Crippen LogP contribution in [-0.4, -0.2) is 0 Å². The summed E-state index contributed by atoms with van der Waals surface area (Å²) in [6.07, 6.45) is 1.44. The van der Waals surface area contributed by atoms with Gasteiger partial charge >= 0.3 is 0 Å². The second-order valence-corrected chi connectivity index (χ2v) is 3.61. The Morgan fingerprint density at radius 3 is 2.20 bits per heavy atom. The average molecular weight is 221 g/mol. The van der Waals surface area contributed by atoms with E-state index in [0.717, 1.165) is 11.1 Å². The quantitative estimate of drug-likeness (QED) is 0.592. The lowest BCUT2D eigenvalue weighted by atomic mass is 10.1. The van der Waals surface area contributed by atoms with E-state index in [-0.39, 0.29) is 5.82 Å². The Hall–Kier alpha value is -1.74. The van der Waals surface area contributed by atoms with Crippen LogP contribution in [0, 0.1) is 5.21 Å². The number of nitrogens with two attached hydrogens (primary N) is 1. The van der Waals surface area contributed by atoms with E-state index in [4.69, 9.17) is 17.3 Å². The molecule has 1 aromatic carbocycles. The largest absolute Gasteiger partial charge is 0.711 e. The molecule has 0 spiro atoms. The van der Waals surface area contributed by atoms with Gasteiger partial charge in [-0.25, -0.2) is 4.73 Å². The number of aromatic nitrogens is 1. The molecule has 0 aliphatic heterocycles. The van der Waals surface area contributed by atoms with Crippen molar-refractivity contribution in [2.24, 2.45) is 0 Å². The van der Waals surface area contributed by atoms with Gasteiger partial charge in [-0.3, -0.25) is 5.73 Å². The predicted octanol–water partition coefficient (Wildman–Crippen LogP) is 2.22. The second-order valence-electron chi connectivity index (χ2n) is 3.18. The van der Waals surface area contributed by atoms with Crippen LogP contribution in [0.5, 0.6) is 0 Å². The minimum Gasteiger partial charge on any atom is -0.711 e. The van der Waals surface area contributed by atoms with Gasteiger partial charge in [0.1, 0.15) is 6.20 Å². The molecular formula is C11H9ClN2O. The summed E-state index contributed by atoms with van der Waals surface area (Å²) in [5.74, 6) is 0.188. The van der Waals surface area contributed by atoms with Crippen molar-refractivity contribution < 1.29 is 4.73 Å². The van der Waals surface area contributed by atoms with Crippen LogP contribution >= 0.6 is 11.6 Å². The van der Waals surface area contributed by atoms with Crippen LogP contribution in [0.1, 0.15) is 0 Å². The van der Waals surface area contributed by atoms with Crippen LogP contribution in [0.15, 0.2) is 42.6 Å². The first-order valence-corrected chi connectivity index (χ1v) is 4.79. The second kappa shape index (κ2) is 3.79. The summed E-state index contributed by atoms with van der Waals surface area (Å²) in [5.41, 5.74) is 7.17. The zero-order chi connectivity index (χ0) is 10.8. The first-order valence-electron chi connectivity index (χ1n) is 4.41. The predicted molar refractivity (Wildman–Crippen MR) is 60.3 cm³/mol.